The molecule has 0 aliphatic heterocycles. The molecule has 10 nitrogen and oxygen atoms in total. The summed E-state index contributed by atoms with van der Waals surface area (Å²) < 4.78 is 0. The Morgan fingerprint density at radius 1 is 0.583 bits per heavy atom. The van der Waals surface area contributed by atoms with Gasteiger partial charge in [0.05, 0.1) is 21.4 Å². The first-order valence-corrected chi connectivity index (χ1v) is 15.7. The first-order valence-electron chi connectivity index (χ1n) is 14.9. The van der Waals surface area contributed by atoms with Crippen molar-refractivity contribution in [2.24, 2.45) is 20.5 Å². The highest BCUT2D eigenvalue weighted by atomic mass is 35.5. The molecule has 4 rings (SSSR count). The van der Waals surface area contributed by atoms with Gasteiger partial charge in [-0.05, 0) is 106 Å². The van der Waals surface area contributed by atoms with E-state index in [-0.39, 0.29) is 15.7 Å². The number of nitrogens with one attached hydrogen (secondary N) is 2. The van der Waals surface area contributed by atoms with Crippen molar-refractivity contribution in [3.8, 4) is 11.1 Å². The summed E-state index contributed by atoms with van der Waals surface area (Å²) in [7, 11) is 0. The van der Waals surface area contributed by atoms with Gasteiger partial charge in [0.15, 0.2) is 11.6 Å². The van der Waals surface area contributed by atoms with Gasteiger partial charge in [-0.2, -0.15) is 20.5 Å². The Balaban J connectivity index is 1.48. The molecule has 0 aromatic heterocycles. The normalized spacial score (nSPS) is 12.6. The number of amides is 2. The minimum atomic E-state index is -1.37. The highest BCUT2D eigenvalue weighted by Gasteiger charge is 2.25. The van der Waals surface area contributed by atoms with Gasteiger partial charge in [-0.3, -0.25) is 19.2 Å². The van der Waals surface area contributed by atoms with Crippen LogP contribution in [0, 0.1) is 27.7 Å². The average molecular weight is 686 g/mol. The molecule has 0 saturated heterocycles. The van der Waals surface area contributed by atoms with E-state index in [4.69, 9.17) is 23.2 Å². The van der Waals surface area contributed by atoms with Crippen LogP contribution < -0.4 is 10.6 Å². The van der Waals surface area contributed by atoms with Crippen molar-refractivity contribution in [1.29, 1.82) is 0 Å². The van der Waals surface area contributed by atoms with Crippen LogP contribution in [0.2, 0.25) is 10.0 Å². The first-order chi connectivity index (χ1) is 22.7. The molecule has 12 heteroatoms. The van der Waals surface area contributed by atoms with Crippen LogP contribution in [-0.4, -0.2) is 35.5 Å². The van der Waals surface area contributed by atoms with Crippen LogP contribution in [0.5, 0.6) is 0 Å². The standard InChI is InChI=1S/C36H34Cl2N6O4/c1-19-7-9-21(3)30(15-19)39-35(47)33(23(5)45)43-41-26-13-11-25(12-14-26)32-28(37)17-27(18-29(32)38)42-44-34(24(6)46)36(48)40-31-16-20(2)8-10-22(31)4/h7-18,33-34H,1-6H3,(H,39,47)(H,40,48). The number of carbonyl (C=O) groups excluding carboxylic acids is 4. The Morgan fingerprint density at radius 3 is 1.42 bits per heavy atom. The van der Waals surface area contributed by atoms with Crippen molar-refractivity contribution < 1.29 is 19.2 Å². The van der Waals surface area contributed by atoms with E-state index in [0.717, 1.165) is 22.3 Å². The summed E-state index contributed by atoms with van der Waals surface area (Å²) in [5, 5.41) is 22.2. The smallest absolute Gasteiger partial charge is 0.258 e. The molecule has 0 radical (unpaired) electrons. The fourth-order valence-electron chi connectivity index (χ4n) is 4.62. The van der Waals surface area contributed by atoms with E-state index in [1.54, 1.807) is 24.3 Å². The van der Waals surface area contributed by atoms with Crippen molar-refractivity contribution in [3.05, 3.63) is 105 Å². The summed E-state index contributed by atoms with van der Waals surface area (Å²) in [6, 6.07) is 18.3. The molecule has 4 aromatic carbocycles. The van der Waals surface area contributed by atoms with Crippen LogP contribution in [0.1, 0.15) is 36.1 Å². The third kappa shape index (κ3) is 9.05. The second-order valence-corrected chi connectivity index (χ2v) is 12.2. The van der Waals surface area contributed by atoms with E-state index in [1.165, 1.54) is 26.0 Å². The van der Waals surface area contributed by atoms with Crippen molar-refractivity contribution in [2.45, 2.75) is 53.6 Å². The Bertz CT molecular complexity index is 1930. The van der Waals surface area contributed by atoms with Crippen molar-refractivity contribution >= 4 is 69.3 Å². The van der Waals surface area contributed by atoms with Crippen molar-refractivity contribution in [2.75, 3.05) is 10.6 Å². The molecule has 0 fully saturated rings. The van der Waals surface area contributed by atoms with Gasteiger partial charge in [0, 0.05) is 16.9 Å². The van der Waals surface area contributed by atoms with E-state index in [1.807, 2.05) is 64.1 Å². The van der Waals surface area contributed by atoms with E-state index in [9.17, 15) is 19.2 Å². The minimum Gasteiger partial charge on any atom is -0.324 e. The van der Waals surface area contributed by atoms with E-state index < -0.39 is 35.5 Å². The van der Waals surface area contributed by atoms with Crippen LogP contribution in [0.15, 0.2) is 93.3 Å². The number of hydrogen-bond donors (Lipinski definition) is 2. The highest BCUT2D eigenvalue weighted by molar-refractivity contribution is 6.39. The Labute approximate surface area is 288 Å². The predicted molar refractivity (Wildman–Crippen MR) is 189 cm³/mol. The van der Waals surface area contributed by atoms with Gasteiger partial charge in [0.1, 0.15) is 0 Å². The molecular weight excluding hydrogens is 651 g/mol. The lowest BCUT2D eigenvalue weighted by atomic mass is 10.0. The first kappa shape index (κ1) is 35.8. The molecule has 2 N–H and O–H groups in total. The number of halogens is 2. The predicted octanol–water partition coefficient (Wildman–Crippen LogP) is 9.25. The Hall–Kier alpha value is -5.06. The Kier molecular flexibility index (Phi) is 11.7. The molecule has 4 aromatic rings. The average Bonchev–Trinajstić information content (AvgIpc) is 3.01. The van der Waals surface area contributed by atoms with Crippen LogP contribution in [-0.2, 0) is 19.2 Å². The molecule has 0 bridgehead atoms. The van der Waals surface area contributed by atoms with E-state index in [2.05, 4.69) is 31.1 Å². The van der Waals surface area contributed by atoms with Gasteiger partial charge < -0.3 is 10.6 Å². The van der Waals surface area contributed by atoms with Gasteiger partial charge in [-0.25, -0.2) is 0 Å². The summed E-state index contributed by atoms with van der Waals surface area (Å²) in [4.78, 5) is 50.3. The maximum Gasteiger partial charge on any atom is 0.258 e. The SMILES string of the molecule is CC(=O)C(N=Nc1ccc(-c2c(Cl)cc(N=NC(C(C)=O)C(=O)Nc3cc(C)ccc3C)cc2Cl)cc1)C(=O)Nc1cc(C)ccc1C. The highest BCUT2D eigenvalue weighted by Crippen LogP contribution is 2.39. The Morgan fingerprint density at radius 2 is 1.00 bits per heavy atom. The van der Waals surface area contributed by atoms with Crippen LogP contribution in [0.3, 0.4) is 0 Å². The maximum atomic E-state index is 12.9. The molecule has 0 saturated carbocycles. The molecule has 2 atom stereocenters. The van der Waals surface area contributed by atoms with Crippen LogP contribution in [0.25, 0.3) is 11.1 Å². The summed E-state index contributed by atoms with van der Waals surface area (Å²) in [5.41, 5.74) is 6.61. The summed E-state index contributed by atoms with van der Waals surface area (Å²) in [5.74, 6) is -2.12. The fraction of sp³-hybridized carbons (Fsp3) is 0.222. The monoisotopic (exact) mass is 684 g/mol. The van der Waals surface area contributed by atoms with Gasteiger partial charge in [-0.15, -0.1) is 0 Å². The summed E-state index contributed by atoms with van der Waals surface area (Å²) >= 11 is 13.2. The maximum absolute atomic E-state index is 12.9. The number of carbonyl (C=O) groups is 4. The largest absolute Gasteiger partial charge is 0.324 e. The number of rotatable bonds is 11. The zero-order valence-corrected chi connectivity index (χ0v) is 28.8. The molecule has 246 valence electrons. The lowest BCUT2D eigenvalue weighted by molar-refractivity contribution is -0.127. The van der Waals surface area contributed by atoms with Gasteiger partial charge in [0.25, 0.3) is 11.8 Å². The molecule has 0 heterocycles. The topological polar surface area (TPSA) is 142 Å². The number of aryl methyl sites for hydroxylation is 4. The molecular formula is C36H34Cl2N6O4. The number of hydrogen-bond acceptors (Lipinski definition) is 8. The van der Waals surface area contributed by atoms with E-state index >= 15 is 0 Å². The molecule has 48 heavy (non-hydrogen) atoms. The van der Waals surface area contributed by atoms with Gasteiger partial charge in [0.2, 0.25) is 12.1 Å². The number of nitrogens with zero attached hydrogens (tertiary/aromatic N) is 4. The number of azo groups is 2. The summed E-state index contributed by atoms with van der Waals surface area (Å²) in [6.45, 7) is 10.1. The molecule has 2 amide bonds. The van der Waals surface area contributed by atoms with Crippen LogP contribution >= 0.6 is 23.2 Å². The van der Waals surface area contributed by atoms with E-state index in [0.29, 0.717) is 28.2 Å². The third-order valence-corrected chi connectivity index (χ3v) is 7.93. The van der Waals surface area contributed by atoms with Crippen molar-refractivity contribution in [1.82, 2.24) is 0 Å². The number of benzene rings is 4. The van der Waals surface area contributed by atoms with Crippen molar-refractivity contribution in [3.63, 3.8) is 0 Å². The lowest BCUT2D eigenvalue weighted by Gasteiger charge is -2.12. The summed E-state index contributed by atoms with van der Waals surface area (Å²) in [6.07, 6.45) is 0. The molecule has 2 unspecified atom stereocenters. The minimum absolute atomic E-state index is 0.249. The number of anilines is 2. The molecule has 0 aliphatic rings. The zero-order chi connectivity index (χ0) is 35.1. The quantitative estimate of drug-likeness (QED) is 0.120. The van der Waals surface area contributed by atoms with Gasteiger partial charge in [-0.1, -0.05) is 59.6 Å². The second kappa shape index (κ2) is 15.7. The molecule has 0 aliphatic carbocycles. The van der Waals surface area contributed by atoms with Gasteiger partial charge >= 0.3 is 0 Å². The van der Waals surface area contributed by atoms with Crippen LogP contribution in [0.4, 0.5) is 22.7 Å². The lowest BCUT2D eigenvalue weighted by Crippen LogP contribution is -2.32. The molecule has 0 spiro atoms. The second-order valence-electron chi connectivity index (χ2n) is 11.4. The number of ketones is 2. The zero-order valence-electron chi connectivity index (χ0n) is 27.3. The third-order valence-electron chi connectivity index (χ3n) is 7.33. The fourth-order valence-corrected chi connectivity index (χ4v) is 5.31. The number of Topliss-reactive ketones (excluding diaryl/α,β-unsaturated/α-hetero) is 2.